The Kier molecular flexibility index (Phi) is 6.09. The van der Waals surface area contributed by atoms with E-state index in [9.17, 15) is 32.3 Å². The summed E-state index contributed by atoms with van der Waals surface area (Å²) in [5.41, 5.74) is -1.16. The summed E-state index contributed by atoms with van der Waals surface area (Å²) >= 11 is 0. The molecule has 0 radical (unpaired) electrons. The molecule has 2 N–H and O–H groups in total. The molecule has 0 aromatic heterocycles. The Balaban J connectivity index is 1.54. The average molecular weight is 433 g/mol. The second-order valence-electron chi connectivity index (χ2n) is 6.79. The molecule has 2 aromatic rings. The SMILES string of the molecule is CC(C(=O)NCCNC(=O)c1ccccc1C(F)(F)F)N1C(=O)c2ccccc2C1=O. The smallest absolute Gasteiger partial charge is 0.353 e. The number of halogens is 3. The number of alkyl halides is 3. The van der Waals surface area contributed by atoms with Gasteiger partial charge in [-0.2, -0.15) is 13.2 Å². The minimum Gasteiger partial charge on any atom is -0.353 e. The van der Waals surface area contributed by atoms with E-state index in [0.29, 0.717) is 0 Å². The van der Waals surface area contributed by atoms with Crippen LogP contribution in [-0.4, -0.2) is 47.7 Å². The van der Waals surface area contributed by atoms with Crippen molar-refractivity contribution in [3.8, 4) is 0 Å². The van der Waals surface area contributed by atoms with Crippen molar-refractivity contribution < 1.29 is 32.3 Å². The molecule has 1 heterocycles. The largest absolute Gasteiger partial charge is 0.417 e. The fraction of sp³-hybridized carbons (Fsp3) is 0.238. The van der Waals surface area contributed by atoms with Gasteiger partial charge in [0.2, 0.25) is 5.91 Å². The van der Waals surface area contributed by atoms with Crippen LogP contribution in [0.4, 0.5) is 13.2 Å². The standard InChI is InChI=1S/C21H18F3N3O4/c1-12(27-19(30)13-6-2-3-7-14(13)20(27)31)17(28)25-10-11-26-18(29)15-8-4-5-9-16(15)21(22,23)24/h2-9,12H,10-11H2,1H3,(H,25,28)(H,26,29). The zero-order chi connectivity index (χ0) is 22.8. The molecule has 0 saturated heterocycles. The maximum Gasteiger partial charge on any atom is 0.417 e. The molecule has 1 aliphatic rings. The molecule has 1 atom stereocenters. The molecule has 1 unspecified atom stereocenters. The second kappa shape index (κ2) is 8.58. The predicted octanol–water partition coefficient (Wildman–Crippen LogP) is 2.24. The number of nitrogens with zero attached hydrogens (tertiary/aromatic N) is 1. The van der Waals surface area contributed by atoms with Crippen LogP contribution in [-0.2, 0) is 11.0 Å². The van der Waals surface area contributed by atoms with Crippen LogP contribution in [0.3, 0.4) is 0 Å². The molecule has 0 fully saturated rings. The van der Waals surface area contributed by atoms with Crippen molar-refractivity contribution in [2.24, 2.45) is 0 Å². The van der Waals surface area contributed by atoms with E-state index >= 15 is 0 Å². The van der Waals surface area contributed by atoms with Gasteiger partial charge in [-0.3, -0.25) is 24.1 Å². The molecule has 31 heavy (non-hydrogen) atoms. The van der Waals surface area contributed by atoms with Crippen molar-refractivity contribution >= 4 is 23.6 Å². The number of rotatable bonds is 6. The van der Waals surface area contributed by atoms with Crippen LogP contribution in [0.25, 0.3) is 0 Å². The first-order valence-electron chi connectivity index (χ1n) is 9.32. The molecule has 4 amide bonds. The van der Waals surface area contributed by atoms with Gasteiger partial charge in [0.1, 0.15) is 6.04 Å². The van der Waals surface area contributed by atoms with Gasteiger partial charge in [-0.05, 0) is 31.2 Å². The highest BCUT2D eigenvalue weighted by molar-refractivity contribution is 6.22. The Bertz CT molecular complexity index is 1020. The van der Waals surface area contributed by atoms with Gasteiger partial charge >= 0.3 is 6.18 Å². The number of amides is 4. The van der Waals surface area contributed by atoms with Gasteiger partial charge < -0.3 is 10.6 Å². The molecular formula is C21H18F3N3O4. The van der Waals surface area contributed by atoms with Crippen LogP contribution in [0.1, 0.15) is 43.6 Å². The quantitative estimate of drug-likeness (QED) is 0.540. The monoisotopic (exact) mass is 433 g/mol. The Hall–Kier alpha value is -3.69. The van der Waals surface area contributed by atoms with E-state index < -0.39 is 47.0 Å². The lowest BCUT2D eigenvalue weighted by Crippen LogP contribution is -2.49. The number of benzene rings is 2. The molecule has 7 nitrogen and oxygen atoms in total. The lowest BCUT2D eigenvalue weighted by atomic mass is 10.1. The summed E-state index contributed by atoms with van der Waals surface area (Å²) in [5.74, 6) is -2.74. The van der Waals surface area contributed by atoms with Gasteiger partial charge in [-0.1, -0.05) is 24.3 Å². The van der Waals surface area contributed by atoms with E-state index in [-0.39, 0.29) is 24.2 Å². The minimum absolute atomic E-state index is 0.105. The van der Waals surface area contributed by atoms with Crippen molar-refractivity contribution in [3.63, 3.8) is 0 Å². The van der Waals surface area contributed by atoms with Crippen LogP contribution in [0, 0.1) is 0 Å². The highest BCUT2D eigenvalue weighted by Gasteiger charge is 2.40. The van der Waals surface area contributed by atoms with Crippen LogP contribution in [0.2, 0.25) is 0 Å². The van der Waals surface area contributed by atoms with Crippen molar-refractivity contribution in [3.05, 3.63) is 70.8 Å². The summed E-state index contributed by atoms with van der Waals surface area (Å²) in [6.45, 7) is 1.13. The summed E-state index contributed by atoms with van der Waals surface area (Å²) in [4.78, 5) is 50.1. The molecule has 0 bridgehead atoms. The van der Waals surface area contributed by atoms with Crippen molar-refractivity contribution in [2.45, 2.75) is 19.1 Å². The number of fused-ring (bicyclic) bond motifs is 1. The van der Waals surface area contributed by atoms with E-state index in [1.165, 1.54) is 31.2 Å². The van der Waals surface area contributed by atoms with Gasteiger partial charge in [-0.25, -0.2) is 0 Å². The zero-order valence-electron chi connectivity index (χ0n) is 16.3. The molecular weight excluding hydrogens is 415 g/mol. The predicted molar refractivity (Wildman–Crippen MR) is 103 cm³/mol. The molecule has 162 valence electrons. The summed E-state index contributed by atoms with van der Waals surface area (Å²) in [6, 6.07) is 9.46. The van der Waals surface area contributed by atoms with Crippen molar-refractivity contribution in [1.29, 1.82) is 0 Å². The molecule has 2 aromatic carbocycles. The highest BCUT2D eigenvalue weighted by atomic mass is 19.4. The van der Waals surface area contributed by atoms with E-state index in [0.717, 1.165) is 17.0 Å². The van der Waals surface area contributed by atoms with Gasteiger partial charge in [0.15, 0.2) is 0 Å². The summed E-state index contributed by atoms with van der Waals surface area (Å²) in [7, 11) is 0. The number of hydrogen-bond donors (Lipinski definition) is 2. The number of nitrogens with one attached hydrogen (secondary N) is 2. The molecule has 3 rings (SSSR count). The number of carbonyl (C=O) groups is 4. The minimum atomic E-state index is -4.68. The third-order valence-electron chi connectivity index (χ3n) is 4.78. The summed E-state index contributed by atoms with van der Waals surface area (Å²) in [5, 5.41) is 4.76. The summed E-state index contributed by atoms with van der Waals surface area (Å²) < 4.78 is 39.0. The first-order valence-corrected chi connectivity index (χ1v) is 9.32. The molecule has 10 heteroatoms. The lowest BCUT2D eigenvalue weighted by molar-refractivity contribution is -0.138. The van der Waals surface area contributed by atoms with Gasteiger partial charge in [0, 0.05) is 13.1 Å². The second-order valence-corrected chi connectivity index (χ2v) is 6.79. The Morgan fingerprint density at radius 2 is 1.42 bits per heavy atom. The summed E-state index contributed by atoms with van der Waals surface area (Å²) in [6.07, 6.45) is -4.68. The maximum absolute atomic E-state index is 13.0. The van der Waals surface area contributed by atoms with E-state index in [2.05, 4.69) is 10.6 Å². The van der Waals surface area contributed by atoms with E-state index in [1.807, 2.05) is 0 Å². The Morgan fingerprint density at radius 1 is 0.903 bits per heavy atom. The Morgan fingerprint density at radius 3 is 2.00 bits per heavy atom. The van der Waals surface area contributed by atoms with Crippen LogP contribution < -0.4 is 10.6 Å². The van der Waals surface area contributed by atoms with Crippen LogP contribution >= 0.6 is 0 Å². The van der Waals surface area contributed by atoms with Crippen LogP contribution in [0.15, 0.2) is 48.5 Å². The molecule has 1 aliphatic heterocycles. The average Bonchev–Trinajstić information content (AvgIpc) is 3.00. The van der Waals surface area contributed by atoms with Crippen molar-refractivity contribution in [2.75, 3.05) is 13.1 Å². The lowest BCUT2D eigenvalue weighted by Gasteiger charge is -2.21. The highest BCUT2D eigenvalue weighted by Crippen LogP contribution is 2.31. The van der Waals surface area contributed by atoms with Crippen LogP contribution in [0.5, 0.6) is 0 Å². The number of carbonyl (C=O) groups excluding carboxylic acids is 4. The zero-order valence-corrected chi connectivity index (χ0v) is 16.3. The fourth-order valence-electron chi connectivity index (χ4n) is 3.21. The van der Waals surface area contributed by atoms with Gasteiger partial charge in [0.25, 0.3) is 17.7 Å². The fourth-order valence-corrected chi connectivity index (χ4v) is 3.21. The maximum atomic E-state index is 13.0. The third-order valence-corrected chi connectivity index (χ3v) is 4.78. The topological polar surface area (TPSA) is 95.6 Å². The Labute approximate surface area is 175 Å². The van der Waals surface area contributed by atoms with Gasteiger partial charge in [0.05, 0.1) is 22.3 Å². The van der Waals surface area contributed by atoms with Gasteiger partial charge in [-0.15, -0.1) is 0 Å². The van der Waals surface area contributed by atoms with Crippen molar-refractivity contribution in [1.82, 2.24) is 15.5 Å². The molecule has 0 spiro atoms. The third kappa shape index (κ3) is 4.42. The molecule has 0 saturated carbocycles. The van der Waals surface area contributed by atoms with E-state index in [4.69, 9.17) is 0 Å². The normalized spacial score (nSPS) is 14.3. The number of imide groups is 1. The number of hydrogen-bond acceptors (Lipinski definition) is 4. The first-order chi connectivity index (χ1) is 14.6. The molecule has 0 aliphatic carbocycles. The van der Waals surface area contributed by atoms with E-state index in [1.54, 1.807) is 12.1 Å². The first kappa shape index (κ1) is 22.0.